The first-order valence-corrected chi connectivity index (χ1v) is 8.13. The fourth-order valence-electron chi connectivity index (χ4n) is 1.93. The van der Waals surface area contributed by atoms with E-state index in [1.807, 2.05) is 13.8 Å². The summed E-state index contributed by atoms with van der Waals surface area (Å²) in [6, 6.07) is -1.52. The number of nitrogens with one attached hydrogen (secondary N) is 2. The normalized spacial score (nSPS) is 13.1. The van der Waals surface area contributed by atoms with E-state index >= 15 is 0 Å². The van der Waals surface area contributed by atoms with Gasteiger partial charge in [0.2, 0.25) is 5.91 Å². The highest BCUT2D eigenvalue weighted by Gasteiger charge is 2.25. The lowest BCUT2D eigenvalue weighted by Crippen LogP contribution is -2.51. The van der Waals surface area contributed by atoms with Gasteiger partial charge in [0.25, 0.3) is 0 Å². The van der Waals surface area contributed by atoms with Crippen LogP contribution < -0.4 is 10.6 Å². The van der Waals surface area contributed by atoms with E-state index in [4.69, 9.17) is 4.74 Å². The molecule has 0 spiro atoms. The second kappa shape index (κ2) is 11.7. The molecule has 0 aliphatic rings. The smallest absolute Gasteiger partial charge is 0.407 e. The summed E-state index contributed by atoms with van der Waals surface area (Å²) in [7, 11) is 1.23. The van der Waals surface area contributed by atoms with Gasteiger partial charge in [-0.3, -0.25) is 4.79 Å². The van der Waals surface area contributed by atoms with Gasteiger partial charge in [0.1, 0.15) is 12.1 Å². The average molecular weight is 330 g/mol. The molecule has 0 bridgehead atoms. The largest absolute Gasteiger partial charge is 0.464 e. The van der Waals surface area contributed by atoms with Crippen molar-refractivity contribution in [3.63, 3.8) is 0 Å². The molecule has 0 rings (SSSR count). The Labute approximate surface area is 138 Å². The fraction of sp³-hybridized carbons (Fsp3) is 0.812. The summed E-state index contributed by atoms with van der Waals surface area (Å²) in [6.45, 7) is 7.84. The number of unbranched alkanes of at least 4 members (excludes halogenated alkanes) is 2. The summed E-state index contributed by atoms with van der Waals surface area (Å²) in [4.78, 5) is 35.4. The van der Waals surface area contributed by atoms with Crippen molar-refractivity contribution in [2.75, 3.05) is 13.7 Å². The molecule has 0 aromatic rings. The van der Waals surface area contributed by atoms with Gasteiger partial charge in [0, 0.05) is 0 Å². The third-order valence-electron chi connectivity index (χ3n) is 3.21. The number of alkyl carbamates (subject to hydrolysis) is 1. The van der Waals surface area contributed by atoms with Gasteiger partial charge in [0.15, 0.2) is 0 Å². The van der Waals surface area contributed by atoms with Crippen molar-refractivity contribution in [3.05, 3.63) is 0 Å². The zero-order valence-electron chi connectivity index (χ0n) is 14.8. The van der Waals surface area contributed by atoms with Crippen LogP contribution in [0.3, 0.4) is 0 Å². The number of ether oxygens (including phenoxy) is 2. The summed E-state index contributed by atoms with van der Waals surface area (Å²) in [6.07, 6.45) is 2.61. The predicted octanol–water partition coefficient (Wildman–Crippen LogP) is 2.00. The number of esters is 1. The molecule has 0 saturated heterocycles. The van der Waals surface area contributed by atoms with Gasteiger partial charge in [-0.2, -0.15) is 0 Å². The molecule has 2 unspecified atom stereocenters. The molecular weight excluding hydrogens is 300 g/mol. The first kappa shape index (κ1) is 21.2. The van der Waals surface area contributed by atoms with Gasteiger partial charge < -0.3 is 20.1 Å². The summed E-state index contributed by atoms with van der Waals surface area (Å²) < 4.78 is 9.62. The Morgan fingerprint density at radius 1 is 1.04 bits per heavy atom. The lowest BCUT2D eigenvalue weighted by molar-refractivity contribution is -0.147. The van der Waals surface area contributed by atoms with Gasteiger partial charge >= 0.3 is 12.1 Å². The van der Waals surface area contributed by atoms with Gasteiger partial charge in [-0.1, -0.05) is 33.6 Å². The number of carbonyl (C=O) groups is 3. The lowest BCUT2D eigenvalue weighted by atomic mass is 10.0. The van der Waals surface area contributed by atoms with E-state index in [0.717, 1.165) is 19.3 Å². The quantitative estimate of drug-likeness (QED) is 0.472. The molecule has 0 radical (unpaired) electrons. The van der Waals surface area contributed by atoms with Crippen LogP contribution in [0.15, 0.2) is 0 Å². The van der Waals surface area contributed by atoms with Crippen LogP contribution in [0.5, 0.6) is 0 Å². The standard InChI is InChI=1S/C16H30N2O5/c1-6-7-8-9-23-15(20)12(4)17-14(19)13(10-11(2)3)18-16(21)22-5/h11-13H,6-10H2,1-5H3,(H,17,19)(H,18,21). The van der Waals surface area contributed by atoms with E-state index in [1.54, 1.807) is 6.92 Å². The molecule has 7 heteroatoms. The van der Waals surface area contributed by atoms with Crippen molar-refractivity contribution in [2.24, 2.45) is 5.92 Å². The zero-order chi connectivity index (χ0) is 17.8. The molecule has 2 N–H and O–H groups in total. The molecule has 0 heterocycles. The monoisotopic (exact) mass is 330 g/mol. The maximum Gasteiger partial charge on any atom is 0.407 e. The number of hydrogen-bond acceptors (Lipinski definition) is 5. The third-order valence-corrected chi connectivity index (χ3v) is 3.21. The van der Waals surface area contributed by atoms with Crippen LogP contribution in [-0.2, 0) is 19.1 Å². The lowest BCUT2D eigenvalue weighted by Gasteiger charge is -2.21. The van der Waals surface area contributed by atoms with Crippen molar-refractivity contribution in [1.82, 2.24) is 10.6 Å². The third kappa shape index (κ3) is 9.76. The molecule has 0 aliphatic heterocycles. The number of hydrogen-bond donors (Lipinski definition) is 2. The summed E-state index contributed by atoms with van der Waals surface area (Å²) in [5.41, 5.74) is 0. The van der Waals surface area contributed by atoms with E-state index in [-0.39, 0.29) is 5.92 Å². The predicted molar refractivity (Wildman–Crippen MR) is 86.9 cm³/mol. The summed E-state index contributed by atoms with van der Waals surface area (Å²) in [5.74, 6) is -0.711. The summed E-state index contributed by atoms with van der Waals surface area (Å²) >= 11 is 0. The number of amides is 2. The Bertz CT molecular complexity index is 385. The Hall–Kier alpha value is -1.79. The molecule has 0 fully saturated rings. The molecule has 0 aliphatic carbocycles. The van der Waals surface area contributed by atoms with Gasteiger partial charge in [0.05, 0.1) is 13.7 Å². The van der Waals surface area contributed by atoms with Crippen LogP contribution in [0.4, 0.5) is 4.79 Å². The maximum absolute atomic E-state index is 12.2. The second-order valence-corrected chi connectivity index (χ2v) is 5.92. The minimum absolute atomic E-state index is 0.194. The van der Waals surface area contributed by atoms with Crippen LogP contribution in [0.1, 0.15) is 53.4 Å². The second-order valence-electron chi connectivity index (χ2n) is 5.92. The molecule has 23 heavy (non-hydrogen) atoms. The van der Waals surface area contributed by atoms with E-state index in [9.17, 15) is 14.4 Å². The first-order valence-electron chi connectivity index (χ1n) is 8.13. The van der Waals surface area contributed by atoms with Crippen LogP contribution >= 0.6 is 0 Å². The van der Waals surface area contributed by atoms with Crippen LogP contribution in [0.25, 0.3) is 0 Å². The molecule has 7 nitrogen and oxygen atoms in total. The molecule has 0 aromatic carbocycles. The number of carbonyl (C=O) groups excluding carboxylic acids is 3. The van der Waals surface area contributed by atoms with Crippen molar-refractivity contribution >= 4 is 18.0 Å². The Kier molecular flexibility index (Phi) is 10.8. The minimum atomic E-state index is -0.766. The highest BCUT2D eigenvalue weighted by Crippen LogP contribution is 2.06. The van der Waals surface area contributed by atoms with Crippen molar-refractivity contribution in [1.29, 1.82) is 0 Å². The van der Waals surface area contributed by atoms with E-state index in [1.165, 1.54) is 7.11 Å². The first-order chi connectivity index (χ1) is 10.8. The van der Waals surface area contributed by atoms with Crippen LogP contribution in [0, 0.1) is 5.92 Å². The maximum atomic E-state index is 12.2. The minimum Gasteiger partial charge on any atom is -0.464 e. The van der Waals surface area contributed by atoms with Crippen molar-refractivity contribution in [3.8, 4) is 0 Å². The molecular formula is C16H30N2O5. The van der Waals surface area contributed by atoms with Crippen LogP contribution in [0.2, 0.25) is 0 Å². The number of rotatable bonds is 10. The Morgan fingerprint density at radius 2 is 1.70 bits per heavy atom. The van der Waals surface area contributed by atoms with Gasteiger partial charge in [-0.15, -0.1) is 0 Å². The van der Waals surface area contributed by atoms with Crippen LogP contribution in [-0.4, -0.2) is 43.8 Å². The fourth-order valence-corrected chi connectivity index (χ4v) is 1.93. The Balaban J connectivity index is 4.46. The zero-order valence-corrected chi connectivity index (χ0v) is 14.8. The molecule has 0 aromatic heterocycles. The molecule has 0 saturated carbocycles. The molecule has 2 atom stereocenters. The highest BCUT2D eigenvalue weighted by atomic mass is 16.5. The molecule has 2 amide bonds. The average Bonchev–Trinajstić information content (AvgIpc) is 2.49. The highest BCUT2D eigenvalue weighted by molar-refractivity contribution is 5.89. The van der Waals surface area contributed by atoms with Crippen molar-refractivity contribution < 1.29 is 23.9 Å². The van der Waals surface area contributed by atoms with E-state index in [2.05, 4.69) is 22.3 Å². The SMILES string of the molecule is CCCCCOC(=O)C(C)NC(=O)C(CC(C)C)NC(=O)OC. The van der Waals surface area contributed by atoms with Gasteiger partial charge in [-0.05, 0) is 25.7 Å². The van der Waals surface area contributed by atoms with E-state index in [0.29, 0.717) is 13.0 Å². The summed E-state index contributed by atoms with van der Waals surface area (Å²) in [5, 5.41) is 5.05. The van der Waals surface area contributed by atoms with E-state index < -0.39 is 30.1 Å². The van der Waals surface area contributed by atoms with Crippen molar-refractivity contribution in [2.45, 2.75) is 65.5 Å². The number of methoxy groups -OCH3 is 1. The molecule has 134 valence electrons. The van der Waals surface area contributed by atoms with Gasteiger partial charge in [-0.25, -0.2) is 9.59 Å². The topological polar surface area (TPSA) is 93.7 Å². The Morgan fingerprint density at radius 3 is 2.22 bits per heavy atom.